The van der Waals surface area contributed by atoms with Crippen LogP contribution in [0.3, 0.4) is 0 Å². The van der Waals surface area contributed by atoms with Crippen molar-refractivity contribution in [3.63, 3.8) is 0 Å². The summed E-state index contributed by atoms with van der Waals surface area (Å²) in [5.41, 5.74) is -0.342. The molecule has 1 heterocycles. The Morgan fingerprint density at radius 1 is 1.34 bits per heavy atom. The van der Waals surface area contributed by atoms with Gasteiger partial charge in [-0.2, -0.15) is 0 Å². The normalized spacial score (nSPS) is 20.8. The van der Waals surface area contributed by atoms with Crippen molar-refractivity contribution in [2.75, 3.05) is 29.9 Å². The predicted octanol–water partition coefficient (Wildman–Crippen LogP) is 4.28. The molecule has 3 N–H and O–H groups in total. The average Bonchev–Trinajstić information content (AvgIpc) is 2.74. The van der Waals surface area contributed by atoms with Gasteiger partial charge in [-0.05, 0) is 30.2 Å². The number of aliphatic hydroxyl groups is 2. The summed E-state index contributed by atoms with van der Waals surface area (Å²) in [5.74, 6) is -1.37. The van der Waals surface area contributed by atoms with Crippen molar-refractivity contribution in [2.45, 2.75) is 35.9 Å². The summed E-state index contributed by atoms with van der Waals surface area (Å²) in [7, 11) is 0. The fraction of sp³-hybridized carbons (Fsp3) is 0.409. The number of amides is 1. The van der Waals surface area contributed by atoms with Crippen molar-refractivity contribution >= 4 is 51.5 Å². The Morgan fingerprint density at radius 2 is 2.03 bits per heavy atom. The van der Waals surface area contributed by atoms with E-state index in [1.54, 1.807) is 19.1 Å². The molecule has 2 aromatic carbocycles. The van der Waals surface area contributed by atoms with E-state index in [9.17, 15) is 23.8 Å². The van der Waals surface area contributed by atoms with Gasteiger partial charge in [0.2, 0.25) is 5.91 Å². The Morgan fingerprint density at radius 3 is 2.62 bits per heavy atom. The second-order valence-corrected chi connectivity index (χ2v) is 8.88. The zero-order valence-electron chi connectivity index (χ0n) is 17.4. The van der Waals surface area contributed by atoms with Crippen LogP contribution in [0.1, 0.15) is 25.3 Å². The molecule has 0 radical (unpaired) electrons. The number of β-amino-alcohol motifs (C(OH)–C–C–N with tert-alkyl or cyclic N) is 1. The second-order valence-electron chi connectivity index (χ2n) is 7.68. The number of benzene rings is 2. The van der Waals surface area contributed by atoms with Gasteiger partial charge in [-0.25, -0.2) is 8.78 Å². The fourth-order valence-corrected chi connectivity index (χ4v) is 4.36. The number of halogens is 4. The lowest BCUT2D eigenvalue weighted by Gasteiger charge is -2.42. The molecular formula is C22H24ClF2IN2O4. The van der Waals surface area contributed by atoms with Crippen LogP contribution >= 0.6 is 34.2 Å². The van der Waals surface area contributed by atoms with E-state index in [0.29, 0.717) is 22.3 Å². The molecule has 0 spiro atoms. The third-order valence-electron chi connectivity index (χ3n) is 5.44. The summed E-state index contributed by atoms with van der Waals surface area (Å²) in [6.45, 7) is 1.46. The van der Waals surface area contributed by atoms with Crippen molar-refractivity contribution < 1.29 is 28.5 Å². The molecule has 1 fully saturated rings. The first kappa shape index (κ1) is 24.9. The maximum atomic E-state index is 14.2. The number of nitrogens with zero attached hydrogens (tertiary/aromatic N) is 1. The molecule has 174 valence electrons. The quantitative estimate of drug-likeness (QED) is 0.337. The van der Waals surface area contributed by atoms with Gasteiger partial charge in [-0.1, -0.05) is 47.2 Å². The van der Waals surface area contributed by atoms with E-state index in [-0.39, 0.29) is 42.7 Å². The van der Waals surface area contributed by atoms with Crippen LogP contribution in [0.2, 0.25) is 5.02 Å². The van der Waals surface area contributed by atoms with E-state index in [4.69, 9.17) is 16.3 Å². The minimum Gasteiger partial charge on any atom is -0.490 e. The molecule has 0 aliphatic carbocycles. The molecule has 1 saturated heterocycles. The highest BCUT2D eigenvalue weighted by Crippen LogP contribution is 2.33. The number of hydrogen-bond acceptors (Lipinski definition) is 5. The topological polar surface area (TPSA) is 82.0 Å². The number of carbonyl (C=O) groups excluding carboxylic acids is 1. The Balaban J connectivity index is 1.69. The minimum atomic E-state index is -1.61. The maximum absolute atomic E-state index is 14.2. The first-order valence-electron chi connectivity index (χ1n) is 10.1. The number of nitrogens with one attached hydrogen (secondary N) is 1. The lowest BCUT2D eigenvalue weighted by Crippen LogP contribution is -2.58. The SMILES string of the molecule is CCC(=O)Nc1cc(OC[C@]2(O)CCN(c3c(F)cc(Cl)cc3F)C[C@H]2O)ccc1CI. The molecule has 6 nitrogen and oxygen atoms in total. The lowest BCUT2D eigenvalue weighted by molar-refractivity contribution is -0.115. The lowest BCUT2D eigenvalue weighted by atomic mass is 9.89. The highest BCUT2D eigenvalue weighted by Gasteiger charge is 2.42. The highest BCUT2D eigenvalue weighted by molar-refractivity contribution is 14.1. The van der Waals surface area contributed by atoms with E-state index in [0.717, 1.165) is 17.7 Å². The number of piperidine rings is 1. The van der Waals surface area contributed by atoms with Crippen LogP contribution in [0.25, 0.3) is 0 Å². The van der Waals surface area contributed by atoms with Crippen LogP contribution in [0.4, 0.5) is 20.2 Å². The Kier molecular flexibility index (Phi) is 8.18. The molecule has 0 unspecified atom stereocenters. The fourth-order valence-electron chi connectivity index (χ4n) is 3.50. The summed E-state index contributed by atoms with van der Waals surface area (Å²) in [5, 5.41) is 24.2. The van der Waals surface area contributed by atoms with Gasteiger partial charge in [0.1, 0.15) is 29.7 Å². The van der Waals surface area contributed by atoms with Crippen molar-refractivity contribution in [1.29, 1.82) is 0 Å². The zero-order valence-corrected chi connectivity index (χ0v) is 20.3. The number of anilines is 2. The molecule has 0 saturated carbocycles. The smallest absolute Gasteiger partial charge is 0.224 e. The first-order chi connectivity index (χ1) is 15.2. The molecule has 2 aromatic rings. The zero-order chi connectivity index (χ0) is 23.5. The Bertz CT molecular complexity index is 973. The predicted molar refractivity (Wildman–Crippen MR) is 128 cm³/mol. The van der Waals surface area contributed by atoms with Gasteiger partial charge in [0, 0.05) is 40.7 Å². The highest BCUT2D eigenvalue weighted by atomic mass is 127. The molecule has 1 amide bonds. The third-order valence-corrected chi connectivity index (χ3v) is 6.48. The Labute approximate surface area is 203 Å². The van der Waals surface area contributed by atoms with Crippen molar-refractivity contribution in [3.05, 3.63) is 52.6 Å². The summed E-state index contributed by atoms with van der Waals surface area (Å²) in [6, 6.07) is 7.22. The van der Waals surface area contributed by atoms with Gasteiger partial charge in [0.05, 0.1) is 0 Å². The van der Waals surface area contributed by atoms with Crippen LogP contribution in [-0.4, -0.2) is 47.5 Å². The minimum absolute atomic E-state index is 0.0287. The molecule has 2 atom stereocenters. The van der Waals surface area contributed by atoms with Crippen LogP contribution in [-0.2, 0) is 9.22 Å². The molecule has 3 rings (SSSR count). The number of rotatable bonds is 7. The van der Waals surface area contributed by atoms with Gasteiger partial charge >= 0.3 is 0 Å². The Hall–Kier alpha value is -1.69. The van der Waals surface area contributed by atoms with Gasteiger partial charge in [0.25, 0.3) is 0 Å². The van der Waals surface area contributed by atoms with E-state index in [1.165, 1.54) is 4.90 Å². The molecule has 1 aliphatic rings. The molecule has 32 heavy (non-hydrogen) atoms. The van der Waals surface area contributed by atoms with Crippen LogP contribution in [0, 0.1) is 11.6 Å². The average molecular weight is 581 g/mol. The standard InChI is InChI=1S/C22H24ClF2IN2O4/c1-2-20(30)27-18-9-15(4-3-13(18)10-26)32-12-22(31)5-6-28(11-19(22)29)21-16(24)7-14(23)8-17(21)25/h3-4,7-9,19,29,31H,2,5-6,10-12H2,1H3,(H,27,30)/t19-,22-/m1/s1. The summed E-state index contributed by atoms with van der Waals surface area (Å²) in [4.78, 5) is 13.1. The molecule has 10 heteroatoms. The van der Waals surface area contributed by atoms with Crippen molar-refractivity contribution in [3.8, 4) is 5.75 Å². The number of carbonyl (C=O) groups is 1. The van der Waals surface area contributed by atoms with E-state index in [2.05, 4.69) is 27.9 Å². The number of hydrogen-bond donors (Lipinski definition) is 3. The molecule has 0 bridgehead atoms. The first-order valence-corrected chi connectivity index (χ1v) is 12.0. The van der Waals surface area contributed by atoms with Gasteiger partial charge in [-0.15, -0.1) is 0 Å². The summed E-state index contributed by atoms with van der Waals surface area (Å²) < 4.78 is 34.9. The second kappa shape index (κ2) is 10.5. The summed E-state index contributed by atoms with van der Waals surface area (Å²) >= 11 is 7.87. The van der Waals surface area contributed by atoms with Crippen LogP contribution < -0.4 is 15.0 Å². The van der Waals surface area contributed by atoms with Crippen LogP contribution in [0.15, 0.2) is 30.3 Å². The van der Waals surface area contributed by atoms with E-state index < -0.39 is 23.3 Å². The van der Waals surface area contributed by atoms with Crippen molar-refractivity contribution in [2.24, 2.45) is 0 Å². The third kappa shape index (κ3) is 5.62. The van der Waals surface area contributed by atoms with Gasteiger partial charge in [0.15, 0.2) is 11.6 Å². The van der Waals surface area contributed by atoms with Crippen LogP contribution in [0.5, 0.6) is 5.75 Å². The molecule has 0 aromatic heterocycles. The molecular weight excluding hydrogens is 557 g/mol. The number of ether oxygens (including phenoxy) is 1. The van der Waals surface area contributed by atoms with Crippen molar-refractivity contribution in [1.82, 2.24) is 0 Å². The van der Waals surface area contributed by atoms with Gasteiger partial charge in [-0.3, -0.25) is 4.79 Å². The van der Waals surface area contributed by atoms with Gasteiger partial charge < -0.3 is 25.2 Å². The van der Waals surface area contributed by atoms with E-state index in [1.807, 2.05) is 6.07 Å². The number of alkyl halides is 1. The monoisotopic (exact) mass is 580 g/mol. The summed E-state index contributed by atoms with van der Waals surface area (Å²) in [6.07, 6.45) is -0.942. The molecule has 1 aliphatic heterocycles. The van der Waals surface area contributed by atoms with E-state index >= 15 is 0 Å². The number of aliphatic hydroxyl groups excluding tert-OH is 1. The largest absolute Gasteiger partial charge is 0.490 e. The maximum Gasteiger partial charge on any atom is 0.224 e.